The number of allylic oxidation sites excluding steroid dienone is 1. The molecule has 2 heterocycles. The van der Waals surface area contributed by atoms with Crippen molar-refractivity contribution in [2.45, 2.75) is 26.5 Å². The van der Waals surface area contributed by atoms with E-state index >= 15 is 0 Å². The van der Waals surface area contributed by atoms with Crippen LogP contribution in [0.3, 0.4) is 0 Å². The van der Waals surface area contributed by atoms with Gasteiger partial charge in [0.25, 0.3) is 11.5 Å². The molecule has 0 bridgehead atoms. The topological polar surface area (TPSA) is 115 Å². The molecule has 0 radical (unpaired) electrons. The molecule has 1 amide bonds. The lowest BCUT2D eigenvalue weighted by Gasteiger charge is -2.25. The number of methoxy groups -OCH3 is 1. The summed E-state index contributed by atoms with van der Waals surface area (Å²) in [5.41, 5.74) is 3.99. The van der Waals surface area contributed by atoms with Gasteiger partial charge in [0.1, 0.15) is 12.4 Å². The number of carbonyl (C=O) groups is 1. The SMILES string of the molecule is CCOc1cc(/C=c2\sc3n(c2=O)[C@@H](c2cccc(OC)c2)C(C(=O)Nc2ccccc2)=C(C)N=3)ccc1OCc1ccccc1C#N. The Morgan fingerprint density at radius 3 is 2.56 bits per heavy atom. The van der Waals surface area contributed by atoms with Crippen molar-refractivity contribution < 1.29 is 19.0 Å². The highest BCUT2D eigenvalue weighted by molar-refractivity contribution is 7.07. The first-order valence-electron chi connectivity index (χ1n) is 15.3. The Bertz CT molecular complexity index is 2250. The minimum absolute atomic E-state index is 0.200. The van der Waals surface area contributed by atoms with E-state index in [9.17, 15) is 14.9 Å². The predicted octanol–water partition coefficient (Wildman–Crippen LogP) is 5.73. The maximum absolute atomic E-state index is 14.2. The smallest absolute Gasteiger partial charge is 0.271 e. The molecule has 4 aromatic carbocycles. The largest absolute Gasteiger partial charge is 0.497 e. The standard InChI is InChI=1S/C38H32N4O5S/c1-4-46-32-19-25(17-18-31(32)47-23-28-12-9-8-11-27(28)22-39)20-33-37(44)42-35(26-13-10-16-30(21-26)45-3)34(24(2)40-38(42)48-33)36(43)41-29-14-6-5-7-15-29/h5-21,35H,4,23H2,1-3H3,(H,41,43)/b33-20-/t35-/m0/s1. The lowest BCUT2D eigenvalue weighted by Crippen LogP contribution is -2.40. The van der Waals surface area contributed by atoms with E-state index in [1.807, 2.05) is 91.9 Å². The van der Waals surface area contributed by atoms with Gasteiger partial charge in [0, 0.05) is 11.3 Å². The average molecular weight is 657 g/mol. The Morgan fingerprint density at radius 1 is 1.00 bits per heavy atom. The number of rotatable bonds is 10. The van der Waals surface area contributed by atoms with Crippen molar-refractivity contribution in [3.05, 3.63) is 150 Å². The minimum atomic E-state index is -0.742. The normalized spacial score (nSPS) is 14.0. The fourth-order valence-electron chi connectivity index (χ4n) is 5.52. The summed E-state index contributed by atoms with van der Waals surface area (Å²) in [7, 11) is 1.58. The molecule has 240 valence electrons. The third-order valence-electron chi connectivity index (χ3n) is 7.79. The molecule has 0 saturated carbocycles. The number of carbonyl (C=O) groups excluding carboxylic acids is 1. The molecule has 0 fully saturated rings. The first-order chi connectivity index (χ1) is 23.4. The fraction of sp³-hybridized carbons (Fsp3) is 0.158. The second-order valence-corrected chi connectivity index (χ2v) is 11.9. The number of amides is 1. The van der Waals surface area contributed by atoms with Crippen LogP contribution in [0, 0.1) is 11.3 Å². The third kappa shape index (κ3) is 6.63. The number of ether oxygens (including phenoxy) is 3. The van der Waals surface area contributed by atoms with Gasteiger partial charge >= 0.3 is 0 Å². The molecule has 6 rings (SSSR count). The summed E-state index contributed by atoms with van der Waals surface area (Å²) in [5.74, 6) is 1.29. The zero-order valence-electron chi connectivity index (χ0n) is 26.6. The summed E-state index contributed by atoms with van der Waals surface area (Å²) in [6, 6.07) is 30.7. The van der Waals surface area contributed by atoms with Gasteiger partial charge in [-0.15, -0.1) is 0 Å². The molecule has 0 spiro atoms. The van der Waals surface area contributed by atoms with Crippen LogP contribution in [-0.2, 0) is 11.4 Å². The van der Waals surface area contributed by atoms with Gasteiger partial charge in [0.05, 0.1) is 47.2 Å². The van der Waals surface area contributed by atoms with Crippen LogP contribution in [0.4, 0.5) is 5.69 Å². The molecule has 1 aliphatic heterocycles. The van der Waals surface area contributed by atoms with Crippen LogP contribution >= 0.6 is 11.3 Å². The molecule has 0 saturated heterocycles. The molecule has 1 aromatic heterocycles. The van der Waals surface area contributed by atoms with Crippen LogP contribution in [0.15, 0.2) is 118 Å². The van der Waals surface area contributed by atoms with Crippen molar-refractivity contribution in [2.75, 3.05) is 19.0 Å². The van der Waals surface area contributed by atoms with E-state index in [1.165, 1.54) is 11.3 Å². The Kier molecular flexibility index (Phi) is 9.50. The number of nitriles is 1. The number of aromatic nitrogens is 1. The Balaban J connectivity index is 1.40. The number of hydrogen-bond acceptors (Lipinski definition) is 8. The number of fused-ring (bicyclic) bond motifs is 1. The van der Waals surface area contributed by atoms with E-state index in [-0.39, 0.29) is 18.1 Å². The summed E-state index contributed by atoms with van der Waals surface area (Å²) in [5, 5.41) is 12.4. The van der Waals surface area contributed by atoms with Crippen molar-refractivity contribution in [1.82, 2.24) is 4.57 Å². The molecular weight excluding hydrogens is 625 g/mol. The van der Waals surface area contributed by atoms with Gasteiger partial charge in [-0.3, -0.25) is 14.2 Å². The van der Waals surface area contributed by atoms with Gasteiger partial charge in [-0.1, -0.05) is 65.9 Å². The number of thiazole rings is 1. The van der Waals surface area contributed by atoms with Crippen LogP contribution in [0.1, 0.15) is 42.1 Å². The van der Waals surface area contributed by atoms with E-state index in [0.717, 1.165) is 11.1 Å². The molecule has 1 atom stereocenters. The van der Waals surface area contributed by atoms with Crippen molar-refractivity contribution in [3.63, 3.8) is 0 Å². The molecule has 1 N–H and O–H groups in total. The van der Waals surface area contributed by atoms with E-state index < -0.39 is 6.04 Å². The summed E-state index contributed by atoms with van der Waals surface area (Å²) >= 11 is 1.25. The third-order valence-corrected chi connectivity index (χ3v) is 8.78. The first kappa shape index (κ1) is 32.0. The van der Waals surface area contributed by atoms with Crippen LogP contribution in [-0.4, -0.2) is 24.2 Å². The molecular formula is C38H32N4O5S. The van der Waals surface area contributed by atoms with Gasteiger partial charge in [0.15, 0.2) is 16.3 Å². The number of benzene rings is 4. The predicted molar refractivity (Wildman–Crippen MR) is 185 cm³/mol. The summed E-state index contributed by atoms with van der Waals surface area (Å²) < 4.78 is 19.5. The van der Waals surface area contributed by atoms with Gasteiger partial charge in [-0.2, -0.15) is 5.26 Å². The maximum atomic E-state index is 14.2. The van der Waals surface area contributed by atoms with Crippen LogP contribution in [0.5, 0.6) is 17.2 Å². The molecule has 5 aromatic rings. The monoisotopic (exact) mass is 656 g/mol. The molecule has 0 unspecified atom stereocenters. The molecule has 10 heteroatoms. The lowest BCUT2D eigenvalue weighted by atomic mass is 9.95. The van der Waals surface area contributed by atoms with Crippen LogP contribution in [0.2, 0.25) is 0 Å². The van der Waals surface area contributed by atoms with Gasteiger partial charge in [-0.25, -0.2) is 4.99 Å². The zero-order chi connectivity index (χ0) is 33.6. The van der Waals surface area contributed by atoms with Gasteiger partial charge in [-0.05, 0) is 73.5 Å². The van der Waals surface area contributed by atoms with Crippen LogP contribution < -0.4 is 34.4 Å². The zero-order valence-corrected chi connectivity index (χ0v) is 27.4. The second kappa shape index (κ2) is 14.2. The fourth-order valence-corrected chi connectivity index (χ4v) is 6.57. The van der Waals surface area contributed by atoms with Crippen molar-refractivity contribution in [2.24, 2.45) is 4.99 Å². The van der Waals surface area contributed by atoms with Crippen molar-refractivity contribution in [3.8, 4) is 23.3 Å². The van der Waals surface area contributed by atoms with E-state index in [0.29, 0.717) is 61.3 Å². The Hall–Kier alpha value is -5.92. The number of nitrogens with one attached hydrogen (secondary N) is 1. The maximum Gasteiger partial charge on any atom is 0.271 e. The molecule has 0 aliphatic carbocycles. The van der Waals surface area contributed by atoms with Crippen LogP contribution in [0.25, 0.3) is 6.08 Å². The van der Waals surface area contributed by atoms with Crippen molar-refractivity contribution in [1.29, 1.82) is 5.26 Å². The molecule has 1 aliphatic rings. The van der Waals surface area contributed by atoms with E-state index in [2.05, 4.69) is 11.4 Å². The van der Waals surface area contributed by atoms with Gasteiger partial charge < -0.3 is 19.5 Å². The number of hydrogen-bond donors (Lipinski definition) is 1. The first-order valence-corrected chi connectivity index (χ1v) is 16.1. The second-order valence-electron chi connectivity index (χ2n) is 10.9. The number of anilines is 1. The summed E-state index contributed by atoms with van der Waals surface area (Å²) in [6.07, 6.45) is 1.78. The minimum Gasteiger partial charge on any atom is -0.497 e. The highest BCUT2D eigenvalue weighted by Crippen LogP contribution is 2.33. The Labute approximate surface area is 281 Å². The van der Waals surface area contributed by atoms with E-state index in [1.54, 1.807) is 36.8 Å². The lowest BCUT2D eigenvalue weighted by molar-refractivity contribution is -0.113. The average Bonchev–Trinajstić information content (AvgIpc) is 3.41. The van der Waals surface area contributed by atoms with E-state index in [4.69, 9.17) is 19.2 Å². The molecule has 9 nitrogen and oxygen atoms in total. The highest BCUT2D eigenvalue weighted by atomic mass is 32.1. The molecule has 48 heavy (non-hydrogen) atoms. The quantitative estimate of drug-likeness (QED) is 0.205. The summed E-state index contributed by atoms with van der Waals surface area (Å²) in [4.78, 5) is 33.2. The Morgan fingerprint density at radius 2 is 1.79 bits per heavy atom. The number of para-hydroxylation sites is 1. The van der Waals surface area contributed by atoms with Gasteiger partial charge in [0.2, 0.25) is 0 Å². The van der Waals surface area contributed by atoms with Crippen molar-refractivity contribution >= 4 is 29.0 Å². The summed E-state index contributed by atoms with van der Waals surface area (Å²) in [6.45, 7) is 4.27. The number of nitrogens with zero attached hydrogens (tertiary/aromatic N) is 3. The highest BCUT2D eigenvalue weighted by Gasteiger charge is 2.32.